The van der Waals surface area contributed by atoms with E-state index in [2.05, 4.69) is 20.6 Å². The van der Waals surface area contributed by atoms with Crippen molar-refractivity contribution in [3.05, 3.63) is 46.7 Å². The van der Waals surface area contributed by atoms with Gasteiger partial charge in [0.1, 0.15) is 17.8 Å². The molecule has 4 heterocycles. The molecule has 0 saturated carbocycles. The predicted molar refractivity (Wildman–Crippen MR) is 111 cm³/mol. The molecule has 2 unspecified atom stereocenters. The van der Waals surface area contributed by atoms with E-state index in [9.17, 15) is 19.2 Å². The standard InChI is InChI=1S/C20H22N6O4S/c27-17-13(3-1-5-23-17)24-18(28)15-12-25(20(30)16-4-2-10-31-16)8-9-26(15)19(29)14-11-21-6-7-22-14/h2,4,6-7,10-11,13,15H,1,3,5,8-9,12H2,(H,23,27)(H,24,28). The Morgan fingerprint density at radius 1 is 1.19 bits per heavy atom. The Balaban J connectivity index is 1.55. The Morgan fingerprint density at radius 2 is 2.06 bits per heavy atom. The van der Waals surface area contributed by atoms with Gasteiger partial charge in [0.25, 0.3) is 11.8 Å². The highest BCUT2D eigenvalue weighted by Crippen LogP contribution is 2.19. The lowest BCUT2D eigenvalue weighted by molar-refractivity contribution is -0.133. The van der Waals surface area contributed by atoms with Gasteiger partial charge in [-0.2, -0.15) is 0 Å². The molecule has 0 radical (unpaired) electrons. The molecular formula is C20H22N6O4S. The van der Waals surface area contributed by atoms with Gasteiger partial charge >= 0.3 is 0 Å². The fourth-order valence-electron chi connectivity index (χ4n) is 3.73. The molecule has 4 rings (SSSR count). The zero-order valence-corrected chi connectivity index (χ0v) is 17.5. The SMILES string of the molecule is O=C1NCCCC1NC(=O)C1CN(C(=O)c2cccs2)CCN1C(=O)c1cnccn1. The number of thiophene rings is 1. The van der Waals surface area contributed by atoms with E-state index < -0.39 is 23.9 Å². The molecule has 2 fully saturated rings. The van der Waals surface area contributed by atoms with Crippen LogP contribution in [0.2, 0.25) is 0 Å². The van der Waals surface area contributed by atoms with Crippen molar-refractivity contribution in [3.63, 3.8) is 0 Å². The van der Waals surface area contributed by atoms with E-state index >= 15 is 0 Å². The average molecular weight is 443 g/mol. The van der Waals surface area contributed by atoms with Gasteiger partial charge in [-0.05, 0) is 24.3 Å². The van der Waals surface area contributed by atoms with Gasteiger partial charge in [-0.1, -0.05) is 6.07 Å². The minimum atomic E-state index is -0.943. The maximum atomic E-state index is 13.2. The smallest absolute Gasteiger partial charge is 0.274 e. The zero-order chi connectivity index (χ0) is 21.8. The summed E-state index contributed by atoms with van der Waals surface area (Å²) >= 11 is 1.32. The Hall–Kier alpha value is -3.34. The van der Waals surface area contributed by atoms with Crippen molar-refractivity contribution in [2.45, 2.75) is 24.9 Å². The summed E-state index contributed by atoms with van der Waals surface area (Å²) in [4.78, 5) is 62.6. The molecule has 162 valence electrons. The first-order valence-corrected chi connectivity index (χ1v) is 10.9. The second kappa shape index (κ2) is 9.21. The number of hydrogen-bond donors (Lipinski definition) is 2. The lowest BCUT2D eigenvalue weighted by Gasteiger charge is -2.40. The summed E-state index contributed by atoms with van der Waals surface area (Å²) < 4.78 is 0. The number of piperazine rings is 1. The largest absolute Gasteiger partial charge is 0.354 e. The van der Waals surface area contributed by atoms with Gasteiger partial charge in [-0.25, -0.2) is 4.98 Å². The van der Waals surface area contributed by atoms with Crippen LogP contribution in [0.3, 0.4) is 0 Å². The van der Waals surface area contributed by atoms with Crippen molar-refractivity contribution in [1.29, 1.82) is 0 Å². The summed E-state index contributed by atoms with van der Waals surface area (Å²) in [7, 11) is 0. The summed E-state index contributed by atoms with van der Waals surface area (Å²) in [6, 6.07) is 1.92. The Labute approximate surface area is 182 Å². The Kier molecular flexibility index (Phi) is 6.21. The summed E-state index contributed by atoms with van der Waals surface area (Å²) in [6.45, 7) is 1.07. The third-order valence-electron chi connectivity index (χ3n) is 5.35. The predicted octanol–water partition coefficient (Wildman–Crippen LogP) is -0.100. The molecule has 0 spiro atoms. The second-order valence-electron chi connectivity index (χ2n) is 7.33. The van der Waals surface area contributed by atoms with Crippen LogP contribution in [-0.2, 0) is 9.59 Å². The maximum absolute atomic E-state index is 13.2. The fourth-order valence-corrected chi connectivity index (χ4v) is 4.42. The van der Waals surface area contributed by atoms with E-state index in [1.54, 1.807) is 17.0 Å². The summed E-state index contributed by atoms with van der Waals surface area (Å²) in [5, 5.41) is 7.30. The minimum absolute atomic E-state index is 0.0307. The van der Waals surface area contributed by atoms with Crippen LogP contribution < -0.4 is 10.6 Å². The van der Waals surface area contributed by atoms with Gasteiger partial charge < -0.3 is 20.4 Å². The van der Waals surface area contributed by atoms with Crippen LogP contribution in [-0.4, -0.2) is 81.7 Å². The number of rotatable bonds is 4. The number of amides is 4. The van der Waals surface area contributed by atoms with Gasteiger partial charge in [-0.3, -0.25) is 24.2 Å². The Morgan fingerprint density at radius 3 is 2.77 bits per heavy atom. The van der Waals surface area contributed by atoms with Gasteiger partial charge in [0, 0.05) is 32.0 Å². The van der Waals surface area contributed by atoms with Crippen molar-refractivity contribution < 1.29 is 19.2 Å². The summed E-state index contributed by atoms with van der Waals surface area (Å²) in [6.07, 6.45) is 5.49. The lowest BCUT2D eigenvalue weighted by Crippen LogP contribution is -2.63. The average Bonchev–Trinajstić information content (AvgIpc) is 3.35. The molecule has 0 bridgehead atoms. The topological polar surface area (TPSA) is 125 Å². The van der Waals surface area contributed by atoms with Crippen LogP contribution >= 0.6 is 11.3 Å². The molecule has 31 heavy (non-hydrogen) atoms. The van der Waals surface area contributed by atoms with Crippen molar-refractivity contribution in [3.8, 4) is 0 Å². The summed E-state index contributed by atoms with van der Waals surface area (Å²) in [5.74, 6) is -1.34. The van der Waals surface area contributed by atoms with E-state index in [4.69, 9.17) is 0 Å². The number of hydrogen-bond acceptors (Lipinski definition) is 7. The minimum Gasteiger partial charge on any atom is -0.354 e. The first kappa shape index (κ1) is 20.9. The molecule has 11 heteroatoms. The molecule has 2 atom stereocenters. The highest BCUT2D eigenvalue weighted by atomic mass is 32.1. The van der Waals surface area contributed by atoms with Crippen LogP contribution in [0.25, 0.3) is 0 Å². The van der Waals surface area contributed by atoms with E-state index in [-0.39, 0.29) is 37.1 Å². The van der Waals surface area contributed by atoms with Gasteiger partial charge in [0.2, 0.25) is 11.8 Å². The van der Waals surface area contributed by atoms with Gasteiger partial charge in [-0.15, -0.1) is 11.3 Å². The molecule has 2 aliphatic rings. The molecule has 10 nitrogen and oxygen atoms in total. The molecular weight excluding hydrogens is 420 g/mol. The van der Waals surface area contributed by atoms with Crippen LogP contribution in [0.5, 0.6) is 0 Å². The monoisotopic (exact) mass is 442 g/mol. The molecule has 2 aromatic rings. The van der Waals surface area contributed by atoms with Crippen LogP contribution in [0.1, 0.15) is 33.0 Å². The highest BCUT2D eigenvalue weighted by Gasteiger charge is 2.39. The van der Waals surface area contributed by atoms with Crippen molar-refractivity contribution in [2.75, 3.05) is 26.2 Å². The van der Waals surface area contributed by atoms with E-state index in [0.29, 0.717) is 17.8 Å². The molecule has 0 aliphatic carbocycles. The first-order valence-electron chi connectivity index (χ1n) is 10.0. The summed E-state index contributed by atoms with van der Waals surface area (Å²) in [5.41, 5.74) is 0.119. The van der Waals surface area contributed by atoms with Crippen molar-refractivity contribution in [1.82, 2.24) is 30.4 Å². The quantitative estimate of drug-likeness (QED) is 0.681. The van der Waals surface area contributed by atoms with E-state index in [1.807, 2.05) is 5.38 Å². The third kappa shape index (κ3) is 4.55. The highest BCUT2D eigenvalue weighted by molar-refractivity contribution is 7.12. The molecule has 2 saturated heterocycles. The number of nitrogens with one attached hydrogen (secondary N) is 2. The van der Waals surface area contributed by atoms with Crippen molar-refractivity contribution >= 4 is 35.0 Å². The molecule has 0 aromatic carbocycles. The molecule has 4 amide bonds. The van der Waals surface area contributed by atoms with E-state index in [0.717, 1.165) is 6.42 Å². The number of nitrogens with zero attached hydrogens (tertiary/aromatic N) is 4. The van der Waals surface area contributed by atoms with Gasteiger partial charge in [0.05, 0.1) is 17.6 Å². The number of carbonyl (C=O) groups excluding carboxylic acids is 4. The first-order chi connectivity index (χ1) is 15.0. The fraction of sp³-hybridized carbons (Fsp3) is 0.400. The number of piperidine rings is 1. The lowest BCUT2D eigenvalue weighted by atomic mass is 10.0. The molecule has 2 aliphatic heterocycles. The second-order valence-corrected chi connectivity index (χ2v) is 8.28. The van der Waals surface area contributed by atoms with Crippen LogP contribution in [0, 0.1) is 0 Å². The maximum Gasteiger partial charge on any atom is 0.274 e. The van der Waals surface area contributed by atoms with E-state index in [1.165, 1.54) is 34.8 Å². The normalized spacial score (nSPS) is 21.4. The van der Waals surface area contributed by atoms with Crippen molar-refractivity contribution in [2.24, 2.45) is 0 Å². The molecule has 2 aromatic heterocycles. The van der Waals surface area contributed by atoms with Crippen LogP contribution in [0.15, 0.2) is 36.1 Å². The molecule has 2 N–H and O–H groups in total. The number of carbonyl (C=O) groups is 4. The third-order valence-corrected chi connectivity index (χ3v) is 6.20. The van der Waals surface area contributed by atoms with Crippen LogP contribution in [0.4, 0.5) is 0 Å². The Bertz CT molecular complexity index is 967. The zero-order valence-electron chi connectivity index (χ0n) is 16.7. The van der Waals surface area contributed by atoms with Gasteiger partial charge in [0.15, 0.2) is 0 Å². The number of aromatic nitrogens is 2.